The summed E-state index contributed by atoms with van der Waals surface area (Å²) < 4.78 is 0. The first kappa shape index (κ1) is 13.2. The zero-order valence-electron chi connectivity index (χ0n) is 10.5. The van der Waals surface area contributed by atoms with Crippen LogP contribution in [0.15, 0.2) is 11.6 Å². The smallest absolute Gasteiger partial charge is 0.0483 e. The van der Waals surface area contributed by atoms with Gasteiger partial charge in [0, 0.05) is 16.1 Å². The van der Waals surface area contributed by atoms with Crippen molar-refractivity contribution < 1.29 is 0 Å². The lowest BCUT2D eigenvalue weighted by atomic mass is 10.3. The topological polar surface area (TPSA) is 0 Å². The van der Waals surface area contributed by atoms with Gasteiger partial charge in [0.1, 0.15) is 0 Å². The number of hydrogen-bond donors (Lipinski definition) is 0. The van der Waals surface area contributed by atoms with E-state index in [-0.39, 0.29) is 0 Å². The second-order valence-corrected chi connectivity index (χ2v) is 17.6. The van der Waals surface area contributed by atoms with Crippen LogP contribution in [0, 0.1) is 0 Å². The van der Waals surface area contributed by atoms with Gasteiger partial charge in [0.05, 0.1) is 0 Å². The summed E-state index contributed by atoms with van der Waals surface area (Å²) in [6, 6.07) is 2.72. The van der Waals surface area contributed by atoms with Crippen LogP contribution in [0.3, 0.4) is 0 Å². The minimum absolute atomic E-state index is 0.856. The molecule has 0 fully saturated rings. The maximum atomic E-state index is 2.49. The Kier molecular flexibility index (Phi) is 4.66. The lowest BCUT2D eigenvalue weighted by molar-refractivity contribution is 1.28. The van der Waals surface area contributed by atoms with E-state index in [0.29, 0.717) is 0 Å². The minimum atomic E-state index is -0.869. The Morgan fingerprint density at radius 1 is 0.923 bits per heavy atom. The summed E-state index contributed by atoms with van der Waals surface area (Å²) in [5, 5.41) is 0. The molecule has 0 bridgehead atoms. The maximum absolute atomic E-state index is 2.49. The van der Waals surface area contributed by atoms with Crippen LogP contribution >= 0.6 is 0 Å². The summed E-state index contributed by atoms with van der Waals surface area (Å²) in [5.41, 5.74) is 1.63. The van der Waals surface area contributed by atoms with E-state index in [1.807, 2.05) is 0 Å². The van der Waals surface area contributed by atoms with Crippen molar-refractivity contribution in [3.05, 3.63) is 11.6 Å². The van der Waals surface area contributed by atoms with Crippen LogP contribution in [0.4, 0.5) is 0 Å². The van der Waals surface area contributed by atoms with E-state index in [2.05, 4.69) is 52.3 Å². The third-order valence-corrected chi connectivity index (χ3v) is 4.92. The third-order valence-electron chi connectivity index (χ3n) is 1.87. The molecule has 0 aromatic rings. The molecule has 0 aliphatic heterocycles. The molecular formula is C11H26Si2. The number of hydrogen-bond acceptors (Lipinski definition) is 0. The van der Waals surface area contributed by atoms with E-state index < -0.39 is 16.1 Å². The van der Waals surface area contributed by atoms with Gasteiger partial charge in [0.25, 0.3) is 0 Å². The summed E-state index contributed by atoms with van der Waals surface area (Å²) in [7, 11) is -1.73. The van der Waals surface area contributed by atoms with Crippen molar-refractivity contribution in [1.82, 2.24) is 0 Å². The molecule has 0 aromatic carbocycles. The van der Waals surface area contributed by atoms with Crippen molar-refractivity contribution in [2.45, 2.75) is 58.3 Å². The second-order valence-electron chi connectivity index (χ2n) is 6.55. The van der Waals surface area contributed by atoms with Gasteiger partial charge in [-0.15, -0.1) is 0 Å². The molecule has 0 aromatic heterocycles. The van der Waals surface area contributed by atoms with Gasteiger partial charge >= 0.3 is 0 Å². The summed E-state index contributed by atoms with van der Waals surface area (Å²) in [6.45, 7) is 16.9. The van der Waals surface area contributed by atoms with E-state index in [1.54, 1.807) is 5.57 Å². The van der Waals surface area contributed by atoms with E-state index in [1.165, 1.54) is 12.1 Å². The first-order valence-electron chi connectivity index (χ1n) is 5.26. The van der Waals surface area contributed by atoms with Crippen molar-refractivity contribution in [2.75, 3.05) is 0 Å². The Balaban J connectivity index is 4.05. The van der Waals surface area contributed by atoms with E-state index in [4.69, 9.17) is 0 Å². The van der Waals surface area contributed by atoms with Crippen LogP contribution in [0.2, 0.25) is 51.4 Å². The molecule has 2 heteroatoms. The zero-order valence-corrected chi connectivity index (χ0v) is 12.5. The van der Waals surface area contributed by atoms with Gasteiger partial charge in [0.15, 0.2) is 0 Å². The molecule has 0 unspecified atom stereocenters. The first-order chi connectivity index (χ1) is 5.60. The van der Waals surface area contributed by atoms with Crippen LogP contribution in [-0.4, -0.2) is 16.1 Å². The van der Waals surface area contributed by atoms with Gasteiger partial charge in [0.2, 0.25) is 0 Å². The molecular weight excluding hydrogens is 188 g/mol. The summed E-state index contributed by atoms with van der Waals surface area (Å²) in [5.74, 6) is 0. The highest BCUT2D eigenvalue weighted by Crippen LogP contribution is 2.18. The molecule has 0 heterocycles. The van der Waals surface area contributed by atoms with Crippen molar-refractivity contribution in [3.8, 4) is 0 Å². The van der Waals surface area contributed by atoms with Crippen LogP contribution in [0.1, 0.15) is 6.92 Å². The molecule has 0 spiro atoms. The highest BCUT2D eigenvalue weighted by molar-refractivity contribution is 6.77. The van der Waals surface area contributed by atoms with Gasteiger partial charge in [-0.25, -0.2) is 0 Å². The zero-order chi connectivity index (χ0) is 10.7. The van der Waals surface area contributed by atoms with Crippen LogP contribution < -0.4 is 0 Å². The Labute approximate surface area is 86.5 Å². The molecule has 0 rings (SSSR count). The molecule has 0 aliphatic rings. The fourth-order valence-corrected chi connectivity index (χ4v) is 4.17. The lowest BCUT2D eigenvalue weighted by Crippen LogP contribution is -2.20. The standard InChI is InChI=1S/C11H26Si2/c1-11(10-13(5,6)7)8-9-12(2,3)4/h8H,9-10H2,1-7H3/b11-8+. The van der Waals surface area contributed by atoms with E-state index in [9.17, 15) is 0 Å². The van der Waals surface area contributed by atoms with Crippen molar-refractivity contribution >= 4 is 16.1 Å². The fourth-order valence-electron chi connectivity index (χ4n) is 1.39. The molecule has 0 N–H and O–H groups in total. The average Bonchev–Trinajstić information content (AvgIpc) is 1.78. The van der Waals surface area contributed by atoms with Gasteiger partial charge in [-0.1, -0.05) is 50.9 Å². The van der Waals surface area contributed by atoms with Crippen LogP contribution in [-0.2, 0) is 0 Å². The predicted molar refractivity (Wildman–Crippen MR) is 70.1 cm³/mol. The van der Waals surface area contributed by atoms with Crippen LogP contribution in [0.25, 0.3) is 0 Å². The van der Waals surface area contributed by atoms with Gasteiger partial charge in [-0.2, -0.15) is 0 Å². The third kappa shape index (κ3) is 10.1. The molecule has 0 saturated carbocycles. The molecule has 0 nitrogen and oxygen atoms in total. The molecule has 0 atom stereocenters. The summed E-state index contributed by atoms with van der Waals surface area (Å²) >= 11 is 0. The first-order valence-corrected chi connectivity index (χ1v) is 12.7. The molecule has 0 amide bonds. The average molecular weight is 215 g/mol. The minimum Gasteiger partial charge on any atom is -0.0886 e. The fraction of sp³-hybridized carbons (Fsp3) is 0.818. The van der Waals surface area contributed by atoms with Gasteiger partial charge in [-0.3, -0.25) is 0 Å². The number of rotatable bonds is 4. The van der Waals surface area contributed by atoms with Crippen molar-refractivity contribution in [3.63, 3.8) is 0 Å². The lowest BCUT2D eigenvalue weighted by Gasteiger charge is -2.18. The molecule has 0 radical (unpaired) electrons. The Hall–Kier alpha value is 0.174. The summed E-state index contributed by atoms with van der Waals surface area (Å²) in [4.78, 5) is 0. The maximum Gasteiger partial charge on any atom is 0.0483 e. The Morgan fingerprint density at radius 2 is 1.38 bits per heavy atom. The monoisotopic (exact) mass is 214 g/mol. The van der Waals surface area contributed by atoms with Crippen LogP contribution in [0.5, 0.6) is 0 Å². The van der Waals surface area contributed by atoms with Crippen molar-refractivity contribution in [1.29, 1.82) is 0 Å². The molecule has 0 saturated heterocycles. The Morgan fingerprint density at radius 3 is 1.69 bits per heavy atom. The molecule has 13 heavy (non-hydrogen) atoms. The van der Waals surface area contributed by atoms with E-state index in [0.717, 1.165) is 0 Å². The normalized spacial score (nSPS) is 14.8. The largest absolute Gasteiger partial charge is 0.0886 e. The summed E-state index contributed by atoms with van der Waals surface area (Å²) in [6.07, 6.45) is 2.49. The highest BCUT2D eigenvalue weighted by atomic mass is 28.3. The van der Waals surface area contributed by atoms with Gasteiger partial charge in [-0.05, 0) is 19.0 Å². The molecule has 0 aliphatic carbocycles. The SMILES string of the molecule is C/C(=C\C[Si](C)(C)C)C[Si](C)(C)C. The second kappa shape index (κ2) is 4.60. The number of allylic oxidation sites excluding steroid dienone is 2. The Bertz CT molecular complexity index is 179. The molecule has 78 valence electrons. The highest BCUT2D eigenvalue weighted by Gasteiger charge is 2.14. The predicted octanol–water partition coefficient (Wildman–Crippen LogP) is 4.61. The van der Waals surface area contributed by atoms with Crippen molar-refractivity contribution in [2.24, 2.45) is 0 Å². The van der Waals surface area contributed by atoms with E-state index >= 15 is 0 Å². The quantitative estimate of drug-likeness (QED) is 0.474. The van der Waals surface area contributed by atoms with Gasteiger partial charge < -0.3 is 0 Å².